The molecule has 21 heavy (non-hydrogen) atoms. The first-order valence-electron chi connectivity index (χ1n) is 6.68. The number of aromatic nitrogens is 1. The fraction of sp³-hybridized carbons (Fsp3) is 0.188. The van der Waals surface area contributed by atoms with Gasteiger partial charge in [-0.1, -0.05) is 36.4 Å². The Kier molecular flexibility index (Phi) is 5.04. The van der Waals surface area contributed by atoms with Gasteiger partial charge in [0, 0.05) is 13.1 Å². The first-order chi connectivity index (χ1) is 10.1. The molecule has 0 spiro atoms. The number of hydrogen-bond donors (Lipinski definition) is 2. The summed E-state index contributed by atoms with van der Waals surface area (Å²) in [5.74, 6) is 0.128. The van der Waals surface area contributed by atoms with Gasteiger partial charge in [0.15, 0.2) is 0 Å². The normalized spacial score (nSPS) is 11.5. The van der Waals surface area contributed by atoms with Crippen molar-refractivity contribution in [2.45, 2.75) is 19.4 Å². The van der Waals surface area contributed by atoms with Crippen molar-refractivity contribution in [2.24, 2.45) is 0 Å². The van der Waals surface area contributed by atoms with E-state index in [9.17, 15) is 9.59 Å². The van der Waals surface area contributed by atoms with Crippen LogP contribution in [0.15, 0.2) is 54.7 Å². The van der Waals surface area contributed by atoms with Crippen molar-refractivity contribution in [1.29, 1.82) is 0 Å². The fourth-order valence-corrected chi connectivity index (χ4v) is 2.00. The minimum atomic E-state index is -0.354. The number of hydrogen-bond acceptors (Lipinski definition) is 3. The molecule has 0 fully saturated rings. The van der Waals surface area contributed by atoms with Gasteiger partial charge in [-0.25, -0.2) is 4.98 Å². The number of rotatable bonds is 5. The Morgan fingerprint density at radius 2 is 1.81 bits per heavy atom. The maximum Gasteiger partial charge on any atom is 0.227 e. The first-order valence-corrected chi connectivity index (χ1v) is 6.68. The standard InChI is InChI=1S/C16H17N3O2/c1-12(20)18-14(13-7-3-2-4-8-13)11-16(21)19-15-9-5-6-10-17-15/h2-10,14H,11H2,1H3,(H,18,20)(H,17,19,21). The van der Waals surface area contributed by atoms with E-state index in [2.05, 4.69) is 15.6 Å². The minimum Gasteiger partial charge on any atom is -0.349 e. The third kappa shape index (κ3) is 4.72. The highest BCUT2D eigenvalue weighted by Crippen LogP contribution is 2.17. The molecule has 2 aromatic rings. The summed E-state index contributed by atoms with van der Waals surface area (Å²) in [7, 11) is 0. The summed E-state index contributed by atoms with van der Waals surface area (Å²) in [6.07, 6.45) is 1.76. The summed E-state index contributed by atoms with van der Waals surface area (Å²) in [5.41, 5.74) is 0.892. The Morgan fingerprint density at radius 1 is 1.10 bits per heavy atom. The van der Waals surface area contributed by atoms with E-state index in [4.69, 9.17) is 0 Å². The van der Waals surface area contributed by atoms with Gasteiger partial charge in [0.1, 0.15) is 5.82 Å². The van der Waals surface area contributed by atoms with Crippen LogP contribution in [0.25, 0.3) is 0 Å². The van der Waals surface area contributed by atoms with Crippen molar-refractivity contribution in [2.75, 3.05) is 5.32 Å². The lowest BCUT2D eigenvalue weighted by molar-refractivity contribution is -0.120. The van der Waals surface area contributed by atoms with Crippen LogP contribution in [0.4, 0.5) is 5.82 Å². The maximum absolute atomic E-state index is 12.1. The van der Waals surface area contributed by atoms with Gasteiger partial charge in [0.05, 0.1) is 12.5 Å². The predicted molar refractivity (Wildman–Crippen MR) is 80.5 cm³/mol. The van der Waals surface area contributed by atoms with E-state index in [-0.39, 0.29) is 24.3 Å². The smallest absolute Gasteiger partial charge is 0.227 e. The molecule has 5 heteroatoms. The van der Waals surface area contributed by atoms with Gasteiger partial charge in [0.2, 0.25) is 11.8 Å². The lowest BCUT2D eigenvalue weighted by Gasteiger charge is -2.17. The van der Waals surface area contributed by atoms with Crippen molar-refractivity contribution >= 4 is 17.6 Å². The molecule has 0 saturated heterocycles. The van der Waals surface area contributed by atoms with Crippen molar-refractivity contribution in [1.82, 2.24) is 10.3 Å². The van der Waals surface area contributed by atoms with Crippen LogP contribution in [0.2, 0.25) is 0 Å². The molecule has 1 aromatic heterocycles. The Labute approximate surface area is 123 Å². The number of nitrogens with one attached hydrogen (secondary N) is 2. The maximum atomic E-state index is 12.1. The Bertz CT molecular complexity index is 599. The van der Waals surface area contributed by atoms with E-state index in [1.807, 2.05) is 30.3 Å². The lowest BCUT2D eigenvalue weighted by Crippen LogP contribution is -2.29. The van der Waals surface area contributed by atoms with Gasteiger partial charge in [-0.2, -0.15) is 0 Å². The summed E-state index contributed by atoms with van der Waals surface area (Å²) >= 11 is 0. The quantitative estimate of drug-likeness (QED) is 0.884. The van der Waals surface area contributed by atoms with E-state index in [1.54, 1.807) is 24.4 Å². The molecule has 1 aromatic carbocycles. The number of nitrogens with zero attached hydrogens (tertiary/aromatic N) is 1. The molecule has 108 valence electrons. The zero-order chi connectivity index (χ0) is 15.1. The second-order valence-corrected chi connectivity index (χ2v) is 4.63. The Balaban J connectivity index is 2.05. The van der Waals surface area contributed by atoms with Crippen molar-refractivity contribution in [3.8, 4) is 0 Å². The molecular formula is C16H17N3O2. The average molecular weight is 283 g/mol. The first kappa shape index (κ1) is 14.7. The van der Waals surface area contributed by atoms with Crippen LogP contribution < -0.4 is 10.6 Å². The molecular weight excluding hydrogens is 266 g/mol. The largest absolute Gasteiger partial charge is 0.349 e. The summed E-state index contributed by atoms with van der Waals surface area (Å²) in [5, 5.41) is 5.51. The summed E-state index contributed by atoms with van der Waals surface area (Å²) in [4.78, 5) is 27.4. The van der Waals surface area contributed by atoms with Crippen LogP contribution in [-0.4, -0.2) is 16.8 Å². The van der Waals surface area contributed by atoms with Crippen LogP contribution >= 0.6 is 0 Å². The molecule has 0 bridgehead atoms. The van der Waals surface area contributed by atoms with E-state index >= 15 is 0 Å². The number of amides is 2. The molecule has 2 amide bonds. The average Bonchev–Trinajstić information content (AvgIpc) is 2.48. The minimum absolute atomic E-state index is 0.153. The van der Waals surface area contributed by atoms with Crippen LogP contribution in [-0.2, 0) is 9.59 Å². The van der Waals surface area contributed by atoms with Gasteiger partial charge in [-0.15, -0.1) is 0 Å². The fourth-order valence-electron chi connectivity index (χ4n) is 2.00. The van der Waals surface area contributed by atoms with E-state index in [0.29, 0.717) is 5.82 Å². The number of pyridine rings is 1. The molecule has 1 heterocycles. The number of anilines is 1. The molecule has 2 rings (SSSR count). The predicted octanol–water partition coefficient (Wildman–Crippen LogP) is 2.29. The van der Waals surface area contributed by atoms with E-state index in [1.165, 1.54) is 6.92 Å². The van der Waals surface area contributed by atoms with Gasteiger partial charge in [-0.3, -0.25) is 9.59 Å². The highest BCUT2D eigenvalue weighted by molar-refractivity contribution is 5.90. The van der Waals surface area contributed by atoms with Gasteiger partial charge in [0.25, 0.3) is 0 Å². The third-order valence-electron chi connectivity index (χ3n) is 2.90. The molecule has 1 unspecified atom stereocenters. The highest BCUT2D eigenvalue weighted by Gasteiger charge is 2.17. The number of carbonyl (C=O) groups excluding carboxylic acids is 2. The van der Waals surface area contributed by atoms with Crippen molar-refractivity contribution in [3.63, 3.8) is 0 Å². The van der Waals surface area contributed by atoms with Crippen LogP contribution in [0.5, 0.6) is 0 Å². The van der Waals surface area contributed by atoms with E-state index in [0.717, 1.165) is 5.56 Å². The zero-order valence-corrected chi connectivity index (χ0v) is 11.7. The van der Waals surface area contributed by atoms with Gasteiger partial charge >= 0.3 is 0 Å². The topological polar surface area (TPSA) is 71.1 Å². The Hall–Kier alpha value is -2.69. The monoisotopic (exact) mass is 283 g/mol. The molecule has 5 nitrogen and oxygen atoms in total. The van der Waals surface area contributed by atoms with Gasteiger partial charge < -0.3 is 10.6 Å². The molecule has 0 saturated carbocycles. The summed E-state index contributed by atoms with van der Waals surface area (Å²) in [6.45, 7) is 1.44. The lowest BCUT2D eigenvalue weighted by atomic mass is 10.0. The van der Waals surface area contributed by atoms with Crippen molar-refractivity contribution in [3.05, 3.63) is 60.3 Å². The molecule has 1 atom stereocenters. The molecule has 2 N–H and O–H groups in total. The van der Waals surface area contributed by atoms with Crippen LogP contribution in [0.3, 0.4) is 0 Å². The highest BCUT2D eigenvalue weighted by atomic mass is 16.2. The molecule has 0 radical (unpaired) electrons. The molecule has 0 aliphatic rings. The molecule has 0 aliphatic heterocycles. The Morgan fingerprint density at radius 3 is 2.43 bits per heavy atom. The number of benzene rings is 1. The van der Waals surface area contributed by atoms with Crippen molar-refractivity contribution < 1.29 is 9.59 Å². The second kappa shape index (κ2) is 7.19. The second-order valence-electron chi connectivity index (χ2n) is 4.63. The summed E-state index contributed by atoms with van der Waals surface area (Å²) in [6, 6.07) is 14.3. The van der Waals surface area contributed by atoms with E-state index < -0.39 is 0 Å². The van der Waals surface area contributed by atoms with Crippen LogP contribution in [0.1, 0.15) is 24.9 Å². The van der Waals surface area contributed by atoms with Gasteiger partial charge in [-0.05, 0) is 17.7 Å². The summed E-state index contributed by atoms with van der Waals surface area (Å²) < 4.78 is 0. The number of carbonyl (C=O) groups is 2. The zero-order valence-electron chi connectivity index (χ0n) is 11.7. The SMILES string of the molecule is CC(=O)NC(CC(=O)Nc1ccccn1)c1ccccc1. The molecule has 0 aliphatic carbocycles. The third-order valence-corrected chi connectivity index (χ3v) is 2.90. The van der Waals surface area contributed by atoms with Crippen LogP contribution in [0, 0.1) is 0 Å².